The quantitative estimate of drug-likeness (QED) is 0.825. The molecule has 1 aliphatic rings. The number of hydrogen-bond acceptors (Lipinski definition) is 1. The van der Waals surface area contributed by atoms with E-state index in [1.165, 1.54) is 18.9 Å². The van der Waals surface area contributed by atoms with Crippen molar-refractivity contribution in [3.8, 4) is 0 Å². The van der Waals surface area contributed by atoms with Crippen LogP contribution in [-0.4, -0.2) is 6.04 Å². The van der Waals surface area contributed by atoms with E-state index < -0.39 is 0 Å². The van der Waals surface area contributed by atoms with Gasteiger partial charge in [0.05, 0.1) is 5.69 Å². The fraction of sp³-hybridized carbons (Fsp3) is 0.571. The van der Waals surface area contributed by atoms with Gasteiger partial charge >= 0.3 is 0 Å². The third kappa shape index (κ3) is 3.21. The van der Waals surface area contributed by atoms with Crippen LogP contribution in [0.25, 0.3) is 0 Å². The average molecular weight is 300 g/mol. The number of hydrogen-bond donors (Lipinski definition) is 1. The van der Waals surface area contributed by atoms with Gasteiger partial charge in [0.2, 0.25) is 0 Å². The highest BCUT2D eigenvalue weighted by Gasteiger charge is 2.25. The summed E-state index contributed by atoms with van der Waals surface area (Å²) in [6, 6.07) is 5.60. The predicted molar refractivity (Wildman–Crippen MR) is 73.7 cm³/mol. The monoisotopic (exact) mass is 299 g/mol. The summed E-state index contributed by atoms with van der Waals surface area (Å²) < 4.78 is 14.5. The SMILES string of the molecule is CC1CCC(Nc2ccc(Br)cc2F)C(C)C1. The average Bonchev–Trinajstić information content (AvgIpc) is 2.25. The molecule has 0 amide bonds. The van der Waals surface area contributed by atoms with Crippen LogP contribution in [0.4, 0.5) is 10.1 Å². The number of nitrogens with one attached hydrogen (secondary N) is 1. The van der Waals surface area contributed by atoms with Crippen molar-refractivity contribution in [2.24, 2.45) is 11.8 Å². The smallest absolute Gasteiger partial charge is 0.147 e. The number of rotatable bonds is 2. The molecule has 3 heteroatoms. The second-order valence-electron chi connectivity index (χ2n) is 5.27. The van der Waals surface area contributed by atoms with Crippen LogP contribution in [0, 0.1) is 17.7 Å². The lowest BCUT2D eigenvalue weighted by atomic mass is 9.80. The Morgan fingerprint density at radius 2 is 2.06 bits per heavy atom. The molecular formula is C14H19BrFN. The summed E-state index contributed by atoms with van der Waals surface area (Å²) in [6.07, 6.45) is 3.60. The summed E-state index contributed by atoms with van der Waals surface area (Å²) in [4.78, 5) is 0. The molecule has 17 heavy (non-hydrogen) atoms. The molecule has 1 aliphatic carbocycles. The number of benzene rings is 1. The lowest BCUT2D eigenvalue weighted by Gasteiger charge is -2.33. The molecule has 1 aromatic rings. The third-order valence-electron chi connectivity index (χ3n) is 3.70. The van der Waals surface area contributed by atoms with Crippen molar-refractivity contribution in [3.05, 3.63) is 28.5 Å². The molecule has 0 aromatic heterocycles. The Morgan fingerprint density at radius 3 is 2.71 bits per heavy atom. The van der Waals surface area contributed by atoms with Crippen molar-refractivity contribution in [1.29, 1.82) is 0 Å². The summed E-state index contributed by atoms with van der Waals surface area (Å²) >= 11 is 3.27. The summed E-state index contributed by atoms with van der Waals surface area (Å²) in [5.41, 5.74) is 0.625. The summed E-state index contributed by atoms with van der Waals surface area (Å²) in [6.45, 7) is 4.55. The highest BCUT2D eigenvalue weighted by molar-refractivity contribution is 9.10. The fourth-order valence-corrected chi connectivity index (χ4v) is 3.02. The minimum absolute atomic E-state index is 0.176. The van der Waals surface area contributed by atoms with Crippen LogP contribution in [0.5, 0.6) is 0 Å². The summed E-state index contributed by atoms with van der Waals surface area (Å²) in [7, 11) is 0. The van der Waals surface area contributed by atoms with Gasteiger partial charge in [-0.1, -0.05) is 29.8 Å². The van der Waals surface area contributed by atoms with Gasteiger partial charge in [-0.2, -0.15) is 0 Å². The molecule has 0 aliphatic heterocycles. The van der Waals surface area contributed by atoms with E-state index >= 15 is 0 Å². The van der Waals surface area contributed by atoms with Gasteiger partial charge in [0.25, 0.3) is 0 Å². The van der Waals surface area contributed by atoms with Crippen LogP contribution in [0.1, 0.15) is 33.1 Å². The van der Waals surface area contributed by atoms with Crippen LogP contribution in [0.15, 0.2) is 22.7 Å². The van der Waals surface area contributed by atoms with E-state index in [4.69, 9.17) is 0 Å². The normalized spacial score (nSPS) is 29.1. The van der Waals surface area contributed by atoms with E-state index in [0.29, 0.717) is 17.6 Å². The molecule has 3 unspecified atom stereocenters. The second kappa shape index (κ2) is 5.38. The maximum Gasteiger partial charge on any atom is 0.147 e. The molecule has 1 saturated carbocycles. The molecular weight excluding hydrogens is 281 g/mol. The Morgan fingerprint density at radius 1 is 1.29 bits per heavy atom. The van der Waals surface area contributed by atoms with E-state index in [1.54, 1.807) is 0 Å². The first-order valence-electron chi connectivity index (χ1n) is 6.28. The Bertz CT molecular complexity index is 394. The molecule has 0 radical (unpaired) electrons. The fourth-order valence-electron chi connectivity index (χ4n) is 2.69. The van der Waals surface area contributed by atoms with Gasteiger partial charge in [0.1, 0.15) is 5.82 Å². The Hall–Kier alpha value is -0.570. The minimum atomic E-state index is -0.176. The van der Waals surface area contributed by atoms with Crippen molar-refractivity contribution >= 4 is 21.6 Å². The zero-order valence-corrected chi connectivity index (χ0v) is 11.9. The van der Waals surface area contributed by atoms with Crippen molar-refractivity contribution < 1.29 is 4.39 Å². The molecule has 3 atom stereocenters. The predicted octanol–water partition coefficient (Wildman–Crippen LogP) is 4.82. The molecule has 94 valence electrons. The van der Waals surface area contributed by atoms with Crippen molar-refractivity contribution in [3.63, 3.8) is 0 Å². The van der Waals surface area contributed by atoms with Gasteiger partial charge in [-0.3, -0.25) is 0 Å². The van der Waals surface area contributed by atoms with Crippen LogP contribution < -0.4 is 5.32 Å². The molecule has 0 bridgehead atoms. The van der Waals surface area contributed by atoms with E-state index in [0.717, 1.165) is 16.8 Å². The van der Waals surface area contributed by atoms with E-state index in [9.17, 15) is 4.39 Å². The van der Waals surface area contributed by atoms with Crippen LogP contribution in [-0.2, 0) is 0 Å². The van der Waals surface area contributed by atoms with E-state index in [-0.39, 0.29) is 5.82 Å². The van der Waals surface area contributed by atoms with E-state index in [2.05, 4.69) is 35.1 Å². The van der Waals surface area contributed by atoms with Crippen molar-refractivity contribution in [1.82, 2.24) is 0 Å². The first-order chi connectivity index (χ1) is 8.06. The molecule has 1 aromatic carbocycles. The second-order valence-corrected chi connectivity index (χ2v) is 6.19. The standard InChI is InChI=1S/C14H19BrFN/c1-9-3-5-13(10(2)7-9)17-14-6-4-11(15)8-12(14)16/h4,6,8-10,13,17H,3,5,7H2,1-2H3. The summed E-state index contributed by atoms with van der Waals surface area (Å²) in [5, 5.41) is 3.35. The highest BCUT2D eigenvalue weighted by Crippen LogP contribution is 2.31. The minimum Gasteiger partial charge on any atom is -0.380 e. The Balaban J connectivity index is 2.05. The van der Waals surface area contributed by atoms with Gasteiger partial charge in [0, 0.05) is 10.5 Å². The third-order valence-corrected chi connectivity index (χ3v) is 4.20. The molecule has 0 spiro atoms. The van der Waals surface area contributed by atoms with E-state index in [1.807, 2.05) is 12.1 Å². The maximum absolute atomic E-state index is 13.7. The number of halogens is 2. The van der Waals surface area contributed by atoms with Crippen LogP contribution >= 0.6 is 15.9 Å². The molecule has 0 saturated heterocycles. The molecule has 1 N–H and O–H groups in total. The highest BCUT2D eigenvalue weighted by atomic mass is 79.9. The topological polar surface area (TPSA) is 12.0 Å². The molecule has 0 heterocycles. The number of anilines is 1. The summed E-state index contributed by atoms with van der Waals surface area (Å²) in [5.74, 6) is 1.24. The van der Waals surface area contributed by atoms with Crippen LogP contribution in [0.2, 0.25) is 0 Å². The molecule has 2 rings (SSSR count). The lowest BCUT2D eigenvalue weighted by Crippen LogP contribution is -2.33. The van der Waals surface area contributed by atoms with Gasteiger partial charge < -0.3 is 5.32 Å². The first kappa shape index (κ1) is 12.9. The zero-order chi connectivity index (χ0) is 12.4. The van der Waals surface area contributed by atoms with Crippen molar-refractivity contribution in [2.75, 3.05) is 5.32 Å². The first-order valence-corrected chi connectivity index (χ1v) is 7.07. The largest absolute Gasteiger partial charge is 0.380 e. The zero-order valence-electron chi connectivity index (χ0n) is 10.3. The molecule has 1 nitrogen and oxygen atoms in total. The van der Waals surface area contributed by atoms with Crippen molar-refractivity contribution in [2.45, 2.75) is 39.2 Å². The Labute approximate surface area is 111 Å². The Kier molecular flexibility index (Phi) is 4.08. The lowest BCUT2D eigenvalue weighted by molar-refractivity contribution is 0.276. The van der Waals surface area contributed by atoms with Gasteiger partial charge in [0.15, 0.2) is 0 Å². The van der Waals surface area contributed by atoms with Gasteiger partial charge in [-0.25, -0.2) is 4.39 Å². The maximum atomic E-state index is 13.7. The van der Waals surface area contributed by atoms with Crippen LogP contribution in [0.3, 0.4) is 0 Å². The van der Waals surface area contributed by atoms with Gasteiger partial charge in [-0.15, -0.1) is 0 Å². The van der Waals surface area contributed by atoms with Gasteiger partial charge in [-0.05, 0) is 49.3 Å². The molecule has 1 fully saturated rings.